The Morgan fingerprint density at radius 3 is 2.63 bits per heavy atom. The SMILES string of the molecule is Ic1ccccc1OCc1ccnc2ccccc12. The van der Waals surface area contributed by atoms with E-state index in [2.05, 4.69) is 33.6 Å². The van der Waals surface area contributed by atoms with Gasteiger partial charge in [-0.1, -0.05) is 30.3 Å². The number of fused-ring (bicyclic) bond motifs is 1. The fraction of sp³-hybridized carbons (Fsp3) is 0.0625. The Bertz CT molecular complexity index is 706. The van der Waals surface area contributed by atoms with Crippen molar-refractivity contribution in [2.45, 2.75) is 6.61 Å². The molecule has 0 spiro atoms. The molecule has 0 aliphatic heterocycles. The normalized spacial score (nSPS) is 10.6. The zero-order valence-corrected chi connectivity index (χ0v) is 12.4. The molecule has 2 nitrogen and oxygen atoms in total. The number of pyridine rings is 1. The van der Waals surface area contributed by atoms with Crippen LogP contribution in [0.2, 0.25) is 0 Å². The van der Waals surface area contributed by atoms with E-state index in [9.17, 15) is 0 Å². The quantitative estimate of drug-likeness (QED) is 0.645. The van der Waals surface area contributed by atoms with Crippen LogP contribution in [0.25, 0.3) is 10.9 Å². The molecular weight excluding hydrogens is 349 g/mol. The highest BCUT2D eigenvalue weighted by molar-refractivity contribution is 14.1. The Labute approximate surface area is 125 Å². The van der Waals surface area contributed by atoms with Crippen LogP contribution in [-0.2, 0) is 6.61 Å². The second-order valence-electron chi connectivity index (χ2n) is 4.21. The van der Waals surface area contributed by atoms with Crippen molar-refractivity contribution in [3.63, 3.8) is 0 Å². The number of rotatable bonds is 3. The van der Waals surface area contributed by atoms with Gasteiger partial charge in [0.1, 0.15) is 12.4 Å². The maximum Gasteiger partial charge on any atom is 0.133 e. The molecule has 0 aliphatic rings. The molecule has 94 valence electrons. The number of nitrogens with zero attached hydrogens (tertiary/aromatic N) is 1. The van der Waals surface area contributed by atoms with Crippen molar-refractivity contribution in [1.82, 2.24) is 4.98 Å². The van der Waals surface area contributed by atoms with Gasteiger partial charge in [0, 0.05) is 17.1 Å². The number of hydrogen-bond acceptors (Lipinski definition) is 2. The van der Waals surface area contributed by atoms with Gasteiger partial charge in [-0.25, -0.2) is 0 Å². The van der Waals surface area contributed by atoms with Crippen molar-refractivity contribution < 1.29 is 4.74 Å². The van der Waals surface area contributed by atoms with Gasteiger partial charge in [-0.2, -0.15) is 0 Å². The second-order valence-corrected chi connectivity index (χ2v) is 5.37. The van der Waals surface area contributed by atoms with Crippen LogP contribution in [-0.4, -0.2) is 4.98 Å². The molecule has 3 rings (SSSR count). The average Bonchev–Trinajstić information content (AvgIpc) is 2.46. The minimum atomic E-state index is 0.559. The molecule has 19 heavy (non-hydrogen) atoms. The Kier molecular flexibility index (Phi) is 3.64. The molecule has 2 aromatic carbocycles. The van der Waals surface area contributed by atoms with E-state index in [1.54, 1.807) is 0 Å². The largest absolute Gasteiger partial charge is 0.488 e. The summed E-state index contributed by atoms with van der Waals surface area (Å²) in [6, 6.07) is 18.2. The van der Waals surface area contributed by atoms with Crippen molar-refractivity contribution in [1.29, 1.82) is 0 Å². The predicted molar refractivity (Wildman–Crippen MR) is 85.2 cm³/mol. The molecule has 0 fully saturated rings. The Balaban J connectivity index is 1.88. The van der Waals surface area contributed by atoms with Crippen molar-refractivity contribution in [3.05, 3.63) is 69.9 Å². The molecule has 0 N–H and O–H groups in total. The average molecular weight is 361 g/mol. The number of benzene rings is 2. The van der Waals surface area contributed by atoms with E-state index in [0.717, 1.165) is 25.8 Å². The van der Waals surface area contributed by atoms with E-state index in [0.29, 0.717) is 6.61 Å². The maximum atomic E-state index is 5.90. The second kappa shape index (κ2) is 5.57. The molecule has 1 aromatic heterocycles. The first-order valence-electron chi connectivity index (χ1n) is 6.04. The third kappa shape index (κ3) is 2.71. The summed E-state index contributed by atoms with van der Waals surface area (Å²) in [6.07, 6.45) is 1.83. The number of halogens is 1. The van der Waals surface area contributed by atoms with Gasteiger partial charge in [0.05, 0.1) is 9.09 Å². The third-order valence-corrected chi connectivity index (χ3v) is 3.85. The molecule has 0 aliphatic carbocycles. The van der Waals surface area contributed by atoms with Gasteiger partial charge in [0.15, 0.2) is 0 Å². The molecular formula is C16H12INO. The van der Waals surface area contributed by atoms with Crippen LogP contribution in [0.1, 0.15) is 5.56 Å². The summed E-state index contributed by atoms with van der Waals surface area (Å²) < 4.78 is 7.02. The van der Waals surface area contributed by atoms with Gasteiger partial charge in [-0.15, -0.1) is 0 Å². The van der Waals surface area contributed by atoms with Gasteiger partial charge in [0.2, 0.25) is 0 Å². The Morgan fingerprint density at radius 1 is 0.947 bits per heavy atom. The highest BCUT2D eigenvalue weighted by atomic mass is 127. The zero-order valence-electron chi connectivity index (χ0n) is 10.2. The summed E-state index contributed by atoms with van der Waals surface area (Å²) >= 11 is 2.28. The maximum absolute atomic E-state index is 5.90. The standard InChI is InChI=1S/C16H12INO/c17-14-6-2-4-8-16(14)19-11-12-9-10-18-15-7-3-1-5-13(12)15/h1-10H,11H2. The highest BCUT2D eigenvalue weighted by Gasteiger charge is 2.04. The monoisotopic (exact) mass is 361 g/mol. The van der Waals surface area contributed by atoms with E-state index in [1.165, 1.54) is 0 Å². The van der Waals surface area contributed by atoms with Crippen LogP contribution >= 0.6 is 22.6 Å². The lowest BCUT2D eigenvalue weighted by molar-refractivity contribution is 0.305. The Hall–Kier alpha value is -1.62. The van der Waals surface area contributed by atoms with E-state index in [4.69, 9.17) is 4.74 Å². The molecule has 3 aromatic rings. The topological polar surface area (TPSA) is 22.1 Å². The summed E-state index contributed by atoms with van der Waals surface area (Å²) in [7, 11) is 0. The van der Waals surface area contributed by atoms with Gasteiger partial charge in [-0.3, -0.25) is 4.98 Å². The summed E-state index contributed by atoms with van der Waals surface area (Å²) in [5.74, 6) is 0.920. The number of hydrogen-bond donors (Lipinski definition) is 0. The third-order valence-electron chi connectivity index (χ3n) is 2.96. The number of ether oxygens (including phenoxy) is 1. The minimum Gasteiger partial charge on any atom is -0.488 e. The smallest absolute Gasteiger partial charge is 0.133 e. The van der Waals surface area contributed by atoms with Crippen molar-refractivity contribution in [2.24, 2.45) is 0 Å². The van der Waals surface area contributed by atoms with Crippen molar-refractivity contribution in [2.75, 3.05) is 0 Å². The van der Waals surface area contributed by atoms with Gasteiger partial charge >= 0.3 is 0 Å². The van der Waals surface area contributed by atoms with Crippen molar-refractivity contribution in [3.8, 4) is 5.75 Å². The molecule has 3 heteroatoms. The number of para-hydroxylation sites is 2. The summed E-state index contributed by atoms with van der Waals surface area (Å²) in [5, 5.41) is 1.15. The lowest BCUT2D eigenvalue weighted by Gasteiger charge is -2.09. The van der Waals surface area contributed by atoms with E-state index in [-0.39, 0.29) is 0 Å². The lowest BCUT2D eigenvalue weighted by Crippen LogP contribution is -1.98. The van der Waals surface area contributed by atoms with Gasteiger partial charge in [0.25, 0.3) is 0 Å². The summed E-state index contributed by atoms with van der Waals surface area (Å²) in [4.78, 5) is 4.36. The molecule has 1 heterocycles. The first-order valence-corrected chi connectivity index (χ1v) is 7.12. The first-order chi connectivity index (χ1) is 9.34. The van der Waals surface area contributed by atoms with E-state index in [1.807, 2.05) is 54.7 Å². The molecule has 0 bridgehead atoms. The molecule has 0 saturated carbocycles. The van der Waals surface area contributed by atoms with Crippen LogP contribution in [0.4, 0.5) is 0 Å². The van der Waals surface area contributed by atoms with E-state index >= 15 is 0 Å². The molecule has 0 atom stereocenters. The van der Waals surface area contributed by atoms with Gasteiger partial charge in [-0.05, 0) is 46.9 Å². The highest BCUT2D eigenvalue weighted by Crippen LogP contribution is 2.22. The zero-order chi connectivity index (χ0) is 13.1. The first kappa shape index (κ1) is 12.4. The van der Waals surface area contributed by atoms with Crippen LogP contribution in [0.5, 0.6) is 5.75 Å². The summed E-state index contributed by atoms with van der Waals surface area (Å²) in [6.45, 7) is 0.559. The van der Waals surface area contributed by atoms with Crippen LogP contribution in [0, 0.1) is 3.57 Å². The van der Waals surface area contributed by atoms with Crippen LogP contribution in [0.15, 0.2) is 60.8 Å². The molecule has 0 amide bonds. The number of aromatic nitrogens is 1. The lowest BCUT2D eigenvalue weighted by atomic mass is 10.1. The predicted octanol–water partition coefficient (Wildman–Crippen LogP) is 4.42. The molecule has 0 radical (unpaired) electrons. The van der Waals surface area contributed by atoms with E-state index < -0.39 is 0 Å². The molecule has 0 unspecified atom stereocenters. The Morgan fingerprint density at radius 2 is 1.74 bits per heavy atom. The fourth-order valence-corrected chi connectivity index (χ4v) is 2.54. The van der Waals surface area contributed by atoms with Crippen LogP contribution < -0.4 is 4.74 Å². The summed E-state index contributed by atoms with van der Waals surface area (Å²) in [5.41, 5.74) is 2.16. The van der Waals surface area contributed by atoms with Gasteiger partial charge < -0.3 is 4.74 Å². The van der Waals surface area contributed by atoms with Crippen LogP contribution in [0.3, 0.4) is 0 Å². The van der Waals surface area contributed by atoms with Crippen molar-refractivity contribution >= 4 is 33.5 Å². The fourth-order valence-electron chi connectivity index (χ4n) is 2.00. The molecule has 0 saturated heterocycles. The minimum absolute atomic E-state index is 0.559.